The number of aryl methyl sites for hydroxylation is 1. The highest BCUT2D eigenvalue weighted by Crippen LogP contribution is 2.16. The molecule has 7 nitrogen and oxygen atoms in total. The number of hydrogen-bond acceptors (Lipinski definition) is 4. The van der Waals surface area contributed by atoms with Crippen molar-refractivity contribution in [2.75, 3.05) is 5.32 Å². The van der Waals surface area contributed by atoms with Gasteiger partial charge < -0.3 is 10.6 Å². The summed E-state index contributed by atoms with van der Waals surface area (Å²) in [5, 5.41) is 5.58. The van der Waals surface area contributed by atoms with Gasteiger partial charge in [-0.3, -0.25) is 9.59 Å². The van der Waals surface area contributed by atoms with E-state index in [2.05, 4.69) is 34.4 Å². The van der Waals surface area contributed by atoms with E-state index in [-0.39, 0.29) is 29.3 Å². The predicted molar refractivity (Wildman–Crippen MR) is 133 cm³/mol. The van der Waals surface area contributed by atoms with Crippen LogP contribution >= 0.6 is 0 Å². The van der Waals surface area contributed by atoms with Crippen LogP contribution in [0, 0.1) is 0 Å². The van der Waals surface area contributed by atoms with Gasteiger partial charge in [-0.25, -0.2) is 13.1 Å². The molecular weight excluding hydrogens is 450 g/mol. The summed E-state index contributed by atoms with van der Waals surface area (Å²) in [5.74, 6) is -0.426. The van der Waals surface area contributed by atoms with Gasteiger partial charge in [-0.15, -0.1) is 0 Å². The van der Waals surface area contributed by atoms with Crippen LogP contribution in [-0.4, -0.2) is 20.2 Å². The molecule has 3 rings (SSSR count). The molecule has 0 radical (unpaired) electrons. The number of nitrogens with one attached hydrogen (secondary N) is 3. The van der Waals surface area contributed by atoms with Crippen LogP contribution in [0.2, 0.25) is 0 Å². The second-order valence-electron chi connectivity index (χ2n) is 8.02. The number of benzene rings is 3. The fraction of sp³-hybridized carbons (Fsp3) is 0.231. The van der Waals surface area contributed by atoms with Gasteiger partial charge >= 0.3 is 0 Å². The minimum absolute atomic E-state index is 0.0812. The van der Waals surface area contributed by atoms with Crippen LogP contribution in [0.1, 0.15) is 53.9 Å². The molecule has 0 saturated heterocycles. The highest BCUT2D eigenvalue weighted by molar-refractivity contribution is 7.89. The van der Waals surface area contributed by atoms with Crippen molar-refractivity contribution >= 4 is 27.5 Å². The van der Waals surface area contributed by atoms with Crippen molar-refractivity contribution in [3.8, 4) is 0 Å². The molecule has 0 saturated carbocycles. The van der Waals surface area contributed by atoms with Crippen LogP contribution in [0.3, 0.4) is 0 Å². The first-order chi connectivity index (χ1) is 16.2. The number of anilines is 1. The van der Waals surface area contributed by atoms with E-state index in [1.54, 1.807) is 24.3 Å². The smallest absolute Gasteiger partial charge is 0.251 e. The standard InChI is InChI=1S/C26H29N3O4S/c1-4-20-5-9-22(10-6-20)18(2)28-26(31)23-11-7-21(8-12-23)17-27-34(32,33)25-15-13-24(14-16-25)29-19(3)30/h5-16,18,27H,4,17H2,1-3H3,(H,28,31)(H,29,30)/t18-/m1/s1. The summed E-state index contributed by atoms with van der Waals surface area (Å²) >= 11 is 0. The lowest BCUT2D eigenvalue weighted by Crippen LogP contribution is -2.26. The third kappa shape index (κ3) is 6.76. The quantitative estimate of drug-likeness (QED) is 0.428. The zero-order chi connectivity index (χ0) is 24.7. The molecule has 0 spiro atoms. The minimum Gasteiger partial charge on any atom is -0.346 e. The summed E-state index contributed by atoms with van der Waals surface area (Å²) in [4.78, 5) is 23.8. The molecule has 34 heavy (non-hydrogen) atoms. The van der Waals surface area contributed by atoms with E-state index >= 15 is 0 Å². The monoisotopic (exact) mass is 479 g/mol. The molecule has 3 aromatic carbocycles. The van der Waals surface area contributed by atoms with Crippen molar-refractivity contribution < 1.29 is 18.0 Å². The molecule has 0 heterocycles. The van der Waals surface area contributed by atoms with E-state index in [0.717, 1.165) is 17.5 Å². The Labute approximate surface area is 200 Å². The van der Waals surface area contributed by atoms with Gasteiger partial charge in [-0.05, 0) is 66.4 Å². The number of hydrogen-bond donors (Lipinski definition) is 3. The summed E-state index contributed by atoms with van der Waals surface area (Å²) in [5.41, 5.74) is 4.01. The molecule has 3 N–H and O–H groups in total. The fourth-order valence-corrected chi connectivity index (χ4v) is 4.38. The first-order valence-electron chi connectivity index (χ1n) is 11.0. The molecule has 0 unspecified atom stereocenters. The zero-order valence-electron chi connectivity index (χ0n) is 19.5. The van der Waals surface area contributed by atoms with Crippen molar-refractivity contribution in [2.24, 2.45) is 0 Å². The topological polar surface area (TPSA) is 104 Å². The Balaban J connectivity index is 1.57. The molecule has 178 valence electrons. The van der Waals surface area contributed by atoms with Gasteiger partial charge in [0.1, 0.15) is 0 Å². The highest BCUT2D eigenvalue weighted by atomic mass is 32.2. The van der Waals surface area contributed by atoms with Gasteiger partial charge in [-0.2, -0.15) is 0 Å². The molecule has 0 aliphatic carbocycles. The van der Waals surface area contributed by atoms with Crippen molar-refractivity contribution in [2.45, 2.75) is 44.7 Å². The summed E-state index contributed by atoms with van der Waals surface area (Å²) in [7, 11) is -3.72. The summed E-state index contributed by atoms with van der Waals surface area (Å²) in [6, 6.07) is 20.7. The molecule has 3 aromatic rings. The average Bonchev–Trinajstić information content (AvgIpc) is 2.83. The third-order valence-corrected chi connectivity index (χ3v) is 6.82. The van der Waals surface area contributed by atoms with Crippen LogP contribution in [0.25, 0.3) is 0 Å². The second kappa shape index (κ2) is 11.1. The lowest BCUT2D eigenvalue weighted by molar-refractivity contribution is -0.114. The Kier molecular flexibility index (Phi) is 8.20. The first-order valence-corrected chi connectivity index (χ1v) is 12.5. The Morgan fingerprint density at radius 3 is 2.00 bits per heavy atom. The van der Waals surface area contributed by atoms with Crippen LogP contribution < -0.4 is 15.4 Å². The van der Waals surface area contributed by atoms with Crippen molar-refractivity contribution in [1.29, 1.82) is 0 Å². The molecule has 0 aromatic heterocycles. The number of rotatable bonds is 9. The lowest BCUT2D eigenvalue weighted by Gasteiger charge is -2.15. The van der Waals surface area contributed by atoms with E-state index in [1.807, 2.05) is 19.1 Å². The van der Waals surface area contributed by atoms with Gasteiger partial charge in [0, 0.05) is 24.7 Å². The maximum atomic E-state index is 12.6. The fourth-order valence-electron chi connectivity index (χ4n) is 3.36. The molecule has 0 aliphatic rings. The summed E-state index contributed by atoms with van der Waals surface area (Å²) in [6.45, 7) is 5.50. The zero-order valence-corrected chi connectivity index (χ0v) is 20.3. The van der Waals surface area contributed by atoms with E-state index in [0.29, 0.717) is 11.3 Å². The van der Waals surface area contributed by atoms with E-state index in [4.69, 9.17) is 0 Å². The Hall–Kier alpha value is -3.49. The molecule has 0 fully saturated rings. The average molecular weight is 480 g/mol. The second-order valence-corrected chi connectivity index (χ2v) is 9.78. The lowest BCUT2D eigenvalue weighted by atomic mass is 10.0. The molecule has 0 aliphatic heterocycles. The van der Waals surface area contributed by atoms with Gasteiger partial charge in [0.05, 0.1) is 10.9 Å². The van der Waals surface area contributed by atoms with E-state index in [1.165, 1.54) is 36.8 Å². The Morgan fingerprint density at radius 2 is 1.44 bits per heavy atom. The number of carbonyl (C=O) groups excluding carboxylic acids is 2. The third-order valence-electron chi connectivity index (χ3n) is 5.40. The molecule has 0 bridgehead atoms. The van der Waals surface area contributed by atoms with Gasteiger partial charge in [0.25, 0.3) is 5.91 Å². The predicted octanol–water partition coefficient (Wildman–Crippen LogP) is 4.18. The van der Waals surface area contributed by atoms with Gasteiger partial charge in [0.2, 0.25) is 15.9 Å². The first kappa shape index (κ1) is 25.1. The van der Waals surface area contributed by atoms with Gasteiger partial charge in [0.15, 0.2) is 0 Å². The SMILES string of the molecule is CCc1ccc([C@@H](C)NC(=O)c2ccc(CNS(=O)(=O)c3ccc(NC(C)=O)cc3)cc2)cc1. The van der Waals surface area contributed by atoms with Crippen molar-refractivity contribution in [3.05, 3.63) is 95.1 Å². The normalized spacial score (nSPS) is 12.1. The van der Waals surface area contributed by atoms with E-state index in [9.17, 15) is 18.0 Å². The maximum Gasteiger partial charge on any atom is 0.251 e. The summed E-state index contributed by atoms with van der Waals surface area (Å²) in [6.07, 6.45) is 0.967. The largest absolute Gasteiger partial charge is 0.346 e. The molecular formula is C26H29N3O4S. The molecule has 1 atom stereocenters. The van der Waals surface area contributed by atoms with Crippen molar-refractivity contribution in [3.63, 3.8) is 0 Å². The van der Waals surface area contributed by atoms with E-state index < -0.39 is 10.0 Å². The Bertz CT molecular complexity index is 1240. The minimum atomic E-state index is -3.72. The molecule has 2 amide bonds. The molecule has 8 heteroatoms. The Morgan fingerprint density at radius 1 is 0.853 bits per heavy atom. The van der Waals surface area contributed by atoms with Crippen LogP contribution in [0.5, 0.6) is 0 Å². The number of carbonyl (C=O) groups is 2. The van der Waals surface area contributed by atoms with Gasteiger partial charge in [-0.1, -0.05) is 43.3 Å². The van der Waals surface area contributed by atoms with Crippen LogP contribution in [-0.2, 0) is 27.8 Å². The van der Waals surface area contributed by atoms with Crippen LogP contribution in [0.15, 0.2) is 77.7 Å². The van der Waals surface area contributed by atoms with Crippen molar-refractivity contribution in [1.82, 2.24) is 10.0 Å². The maximum absolute atomic E-state index is 12.6. The summed E-state index contributed by atoms with van der Waals surface area (Å²) < 4.78 is 27.6. The number of amides is 2. The highest BCUT2D eigenvalue weighted by Gasteiger charge is 2.15. The van der Waals surface area contributed by atoms with Crippen LogP contribution in [0.4, 0.5) is 5.69 Å². The number of sulfonamides is 1.